The van der Waals surface area contributed by atoms with Crippen molar-refractivity contribution in [3.63, 3.8) is 0 Å². The van der Waals surface area contributed by atoms with Crippen LogP contribution in [0.2, 0.25) is 0 Å². The Bertz CT molecular complexity index is 656. The number of esters is 1. The summed E-state index contributed by atoms with van der Waals surface area (Å²) in [5, 5.41) is 21.1. The van der Waals surface area contributed by atoms with Crippen molar-refractivity contribution in [2.24, 2.45) is 34.5 Å². The Morgan fingerprint density at radius 3 is 2.71 bits per heavy atom. The van der Waals surface area contributed by atoms with Crippen LogP contribution in [0.15, 0.2) is 0 Å². The zero-order valence-corrected chi connectivity index (χ0v) is 14.4. The van der Waals surface area contributed by atoms with Crippen molar-refractivity contribution in [3.05, 3.63) is 0 Å². The summed E-state index contributed by atoms with van der Waals surface area (Å²) < 4.78 is 6.08. The average molecular weight is 334 g/mol. The van der Waals surface area contributed by atoms with Crippen molar-refractivity contribution in [2.45, 2.75) is 70.0 Å². The van der Waals surface area contributed by atoms with E-state index in [0.29, 0.717) is 6.42 Å². The molecule has 132 valence electrons. The van der Waals surface area contributed by atoms with Gasteiger partial charge in [0.05, 0.1) is 16.9 Å². The molecule has 8 atom stereocenters. The third-order valence-electron chi connectivity index (χ3n) is 8.72. The first-order chi connectivity index (χ1) is 11.2. The van der Waals surface area contributed by atoms with E-state index in [9.17, 15) is 19.8 Å². The lowest BCUT2D eigenvalue weighted by Crippen LogP contribution is -2.47. The van der Waals surface area contributed by atoms with E-state index in [1.54, 1.807) is 0 Å². The predicted octanol–water partition coefficient (Wildman–Crippen LogP) is 2.36. The average Bonchev–Trinajstić information content (AvgIpc) is 2.88. The van der Waals surface area contributed by atoms with Gasteiger partial charge >= 0.3 is 11.9 Å². The molecule has 5 nitrogen and oxygen atoms in total. The van der Waals surface area contributed by atoms with E-state index in [1.165, 1.54) is 0 Å². The van der Waals surface area contributed by atoms with E-state index in [2.05, 4.69) is 0 Å². The van der Waals surface area contributed by atoms with Crippen molar-refractivity contribution in [1.29, 1.82) is 0 Å². The lowest BCUT2D eigenvalue weighted by molar-refractivity contribution is -0.160. The largest absolute Gasteiger partial charge is 0.481 e. The molecule has 1 spiro atoms. The van der Waals surface area contributed by atoms with Crippen LogP contribution in [0.4, 0.5) is 0 Å². The Morgan fingerprint density at radius 1 is 1.25 bits per heavy atom. The minimum atomic E-state index is -0.795. The summed E-state index contributed by atoms with van der Waals surface area (Å²) in [6.45, 7) is 3.80. The van der Waals surface area contributed by atoms with Crippen molar-refractivity contribution in [3.8, 4) is 0 Å². The second kappa shape index (κ2) is 4.00. The van der Waals surface area contributed by atoms with Gasteiger partial charge in [0, 0.05) is 11.8 Å². The summed E-state index contributed by atoms with van der Waals surface area (Å²) in [4.78, 5) is 25.1. The highest BCUT2D eigenvalue weighted by Gasteiger charge is 2.82. The molecule has 4 aliphatic carbocycles. The number of hydrogen-bond acceptors (Lipinski definition) is 4. The van der Waals surface area contributed by atoms with Crippen LogP contribution >= 0.6 is 0 Å². The van der Waals surface area contributed by atoms with Crippen LogP contribution in [0.1, 0.15) is 58.8 Å². The van der Waals surface area contributed by atoms with Crippen molar-refractivity contribution >= 4 is 11.9 Å². The maximum Gasteiger partial charge on any atom is 0.312 e. The first kappa shape index (κ1) is 15.2. The van der Waals surface area contributed by atoms with Gasteiger partial charge in [-0.3, -0.25) is 9.59 Å². The Morgan fingerprint density at radius 2 is 2.00 bits per heavy atom. The number of carboxylic acid groups (broad SMARTS) is 1. The topological polar surface area (TPSA) is 83.8 Å². The molecule has 1 aliphatic heterocycles. The van der Waals surface area contributed by atoms with E-state index in [0.717, 1.165) is 38.5 Å². The minimum Gasteiger partial charge on any atom is -0.481 e. The molecule has 1 heterocycles. The van der Waals surface area contributed by atoms with Gasteiger partial charge in [0.15, 0.2) is 0 Å². The number of hydrogen-bond donors (Lipinski definition) is 2. The third-order valence-corrected chi connectivity index (χ3v) is 8.72. The molecule has 4 saturated carbocycles. The Balaban J connectivity index is 1.74. The monoisotopic (exact) mass is 334 g/mol. The Kier molecular flexibility index (Phi) is 2.53. The van der Waals surface area contributed by atoms with Crippen molar-refractivity contribution < 1.29 is 24.5 Å². The van der Waals surface area contributed by atoms with Gasteiger partial charge in [-0.1, -0.05) is 0 Å². The van der Waals surface area contributed by atoms with E-state index in [1.807, 2.05) is 13.8 Å². The summed E-state index contributed by atoms with van der Waals surface area (Å²) in [7, 11) is 0. The molecule has 0 radical (unpaired) electrons. The highest BCUT2D eigenvalue weighted by atomic mass is 16.6. The van der Waals surface area contributed by atoms with Crippen molar-refractivity contribution in [2.75, 3.05) is 0 Å². The summed E-state index contributed by atoms with van der Waals surface area (Å²) in [6.07, 6.45) is 5.55. The normalized spacial score (nSPS) is 60.5. The minimum absolute atomic E-state index is 0.0902. The van der Waals surface area contributed by atoms with Crippen LogP contribution in [0.5, 0.6) is 0 Å². The van der Waals surface area contributed by atoms with Crippen LogP contribution in [-0.4, -0.2) is 33.4 Å². The lowest BCUT2D eigenvalue weighted by Gasteiger charge is -2.43. The summed E-state index contributed by atoms with van der Waals surface area (Å²) >= 11 is 0. The molecule has 2 N–H and O–H groups in total. The Hall–Kier alpha value is -1.10. The quantitative estimate of drug-likeness (QED) is 0.719. The van der Waals surface area contributed by atoms with Crippen LogP contribution in [0, 0.1) is 34.5 Å². The zero-order chi connectivity index (χ0) is 17.1. The predicted molar refractivity (Wildman–Crippen MR) is 83.9 cm³/mol. The fraction of sp³-hybridized carbons (Fsp3) is 0.895. The summed E-state index contributed by atoms with van der Waals surface area (Å²) in [6, 6.07) is 0. The molecule has 4 bridgehead atoms. The molecule has 1 saturated heterocycles. The highest BCUT2D eigenvalue weighted by Crippen LogP contribution is 2.78. The SMILES string of the molecule is C[C@@]1(O)C[C@@]23C[C@H]1CC[C@H]2[C@]12CCC[C@](C)(C(=O)O1)[C@H]2[C@@H]3C(=O)O. The fourth-order valence-corrected chi connectivity index (χ4v) is 8.13. The number of rotatable bonds is 1. The van der Waals surface area contributed by atoms with E-state index < -0.39 is 33.9 Å². The van der Waals surface area contributed by atoms with Crippen LogP contribution in [-0.2, 0) is 14.3 Å². The first-order valence-corrected chi connectivity index (χ1v) is 9.36. The van der Waals surface area contributed by atoms with E-state index in [-0.39, 0.29) is 23.7 Å². The number of aliphatic carboxylic acids is 1. The number of fused-ring (bicyclic) bond motifs is 1. The molecule has 0 aromatic heterocycles. The zero-order valence-electron chi connectivity index (χ0n) is 14.4. The second-order valence-electron chi connectivity index (χ2n) is 9.71. The molecular formula is C19H26O5. The van der Waals surface area contributed by atoms with Crippen LogP contribution < -0.4 is 0 Å². The van der Waals surface area contributed by atoms with E-state index >= 15 is 0 Å². The molecule has 5 heteroatoms. The number of carboxylic acids is 1. The maximum atomic E-state index is 12.7. The number of carbonyl (C=O) groups excluding carboxylic acids is 1. The summed E-state index contributed by atoms with van der Waals surface area (Å²) in [5.41, 5.74) is -2.47. The standard InChI is InChI=1S/C19H26O5/c1-16-6-3-7-19(24-15(16)22)11-5-4-10-8-18(11,9-17(10,2)23)12(13(16)19)14(20)21/h10-13,23H,3-9H2,1-2H3,(H,20,21)/t10-,11-,12-,13-,16+,17-,18+,19+/m1/s1. The second-order valence-corrected chi connectivity index (χ2v) is 9.71. The Labute approximate surface area is 141 Å². The molecular weight excluding hydrogens is 308 g/mol. The van der Waals surface area contributed by atoms with Gasteiger partial charge in [-0.25, -0.2) is 0 Å². The van der Waals surface area contributed by atoms with Gasteiger partial charge in [0.2, 0.25) is 0 Å². The molecule has 0 aromatic rings. The summed E-state index contributed by atoms with van der Waals surface area (Å²) in [5.74, 6) is -1.52. The molecule has 5 rings (SSSR count). The van der Waals surface area contributed by atoms with Crippen LogP contribution in [0.3, 0.4) is 0 Å². The lowest BCUT2D eigenvalue weighted by atomic mass is 9.60. The molecule has 24 heavy (non-hydrogen) atoms. The first-order valence-electron chi connectivity index (χ1n) is 9.36. The molecule has 0 amide bonds. The van der Waals surface area contributed by atoms with Crippen LogP contribution in [0.25, 0.3) is 0 Å². The molecule has 0 aromatic carbocycles. The van der Waals surface area contributed by atoms with Gasteiger partial charge in [-0.15, -0.1) is 0 Å². The van der Waals surface area contributed by atoms with Gasteiger partial charge in [-0.05, 0) is 70.1 Å². The van der Waals surface area contributed by atoms with Gasteiger partial charge in [0.25, 0.3) is 0 Å². The molecule has 5 aliphatic rings. The number of carbonyl (C=O) groups is 2. The molecule has 0 unspecified atom stereocenters. The molecule has 5 fully saturated rings. The van der Waals surface area contributed by atoms with Gasteiger partial charge in [0.1, 0.15) is 5.60 Å². The number of aliphatic hydroxyl groups is 1. The fourth-order valence-electron chi connectivity index (χ4n) is 8.13. The third kappa shape index (κ3) is 1.36. The smallest absolute Gasteiger partial charge is 0.312 e. The maximum absolute atomic E-state index is 12.7. The van der Waals surface area contributed by atoms with Crippen molar-refractivity contribution in [1.82, 2.24) is 0 Å². The number of ether oxygens (including phenoxy) is 1. The van der Waals surface area contributed by atoms with E-state index in [4.69, 9.17) is 4.74 Å². The van der Waals surface area contributed by atoms with Gasteiger partial charge in [-0.2, -0.15) is 0 Å². The van der Waals surface area contributed by atoms with Gasteiger partial charge < -0.3 is 14.9 Å². The highest BCUT2D eigenvalue weighted by molar-refractivity contribution is 5.84.